The Labute approximate surface area is 210 Å². The molecule has 0 aliphatic rings. The highest BCUT2D eigenvalue weighted by molar-refractivity contribution is 7.89. The number of ether oxygens (including phenoxy) is 3. The van der Waals surface area contributed by atoms with Crippen molar-refractivity contribution >= 4 is 33.2 Å². The Hall–Kier alpha value is -3.27. The Morgan fingerprint density at radius 1 is 0.914 bits per heavy atom. The van der Waals surface area contributed by atoms with Crippen LogP contribution in [0.1, 0.15) is 11.1 Å². The lowest BCUT2D eigenvalue weighted by molar-refractivity contribution is -0.117. The van der Waals surface area contributed by atoms with E-state index in [0.29, 0.717) is 16.5 Å². The smallest absolute Gasteiger partial charge is 0.245 e. The highest BCUT2D eigenvalue weighted by Gasteiger charge is 2.29. The van der Waals surface area contributed by atoms with Crippen molar-refractivity contribution in [1.82, 2.24) is 4.72 Å². The van der Waals surface area contributed by atoms with E-state index in [1.165, 1.54) is 39.5 Å². The lowest BCUT2D eigenvalue weighted by Crippen LogP contribution is -2.45. The molecule has 0 bridgehead atoms. The van der Waals surface area contributed by atoms with Crippen LogP contribution >= 0.6 is 11.6 Å². The van der Waals surface area contributed by atoms with E-state index in [4.69, 9.17) is 25.8 Å². The van der Waals surface area contributed by atoms with E-state index < -0.39 is 22.0 Å². The van der Waals surface area contributed by atoms with Crippen LogP contribution in [0.4, 0.5) is 5.69 Å². The number of hydrogen-bond acceptors (Lipinski definition) is 6. The van der Waals surface area contributed by atoms with Gasteiger partial charge in [0.1, 0.15) is 28.2 Å². The summed E-state index contributed by atoms with van der Waals surface area (Å²) in [5.41, 5.74) is 1.78. The van der Waals surface area contributed by atoms with E-state index in [9.17, 15) is 13.2 Å². The summed E-state index contributed by atoms with van der Waals surface area (Å²) in [4.78, 5) is 13.3. The molecular weight excluding hydrogens is 492 g/mol. The molecule has 0 aromatic heterocycles. The average molecular weight is 519 g/mol. The SMILES string of the molecule is COc1cc(NC(=O)[C@@H](Cc2ccccc2)NS(=O)(=O)c2cc(C)ccc2OC)c(OC)cc1Cl. The first-order valence-electron chi connectivity index (χ1n) is 10.6. The molecule has 35 heavy (non-hydrogen) atoms. The number of amides is 1. The minimum Gasteiger partial charge on any atom is -0.495 e. The number of sulfonamides is 1. The van der Waals surface area contributed by atoms with Crippen LogP contribution in [0.3, 0.4) is 0 Å². The van der Waals surface area contributed by atoms with Crippen LogP contribution < -0.4 is 24.2 Å². The van der Waals surface area contributed by atoms with Crippen LogP contribution in [0.25, 0.3) is 0 Å². The monoisotopic (exact) mass is 518 g/mol. The predicted molar refractivity (Wildman–Crippen MR) is 135 cm³/mol. The number of benzene rings is 3. The molecule has 3 aromatic carbocycles. The van der Waals surface area contributed by atoms with Gasteiger partial charge in [0.2, 0.25) is 15.9 Å². The molecule has 0 heterocycles. The zero-order valence-electron chi connectivity index (χ0n) is 19.8. The van der Waals surface area contributed by atoms with E-state index in [-0.39, 0.29) is 22.8 Å². The molecule has 2 N–H and O–H groups in total. The maximum absolute atomic E-state index is 13.4. The molecule has 186 valence electrons. The number of carbonyl (C=O) groups excluding carboxylic acids is 1. The van der Waals surface area contributed by atoms with Gasteiger partial charge >= 0.3 is 0 Å². The van der Waals surface area contributed by atoms with Gasteiger partial charge in [0.25, 0.3) is 0 Å². The molecule has 0 aliphatic heterocycles. The van der Waals surface area contributed by atoms with Crippen molar-refractivity contribution in [1.29, 1.82) is 0 Å². The Bertz CT molecular complexity index is 1300. The molecule has 3 aromatic rings. The van der Waals surface area contributed by atoms with Crippen LogP contribution in [0.2, 0.25) is 5.02 Å². The van der Waals surface area contributed by atoms with Gasteiger partial charge in [0, 0.05) is 12.1 Å². The highest BCUT2D eigenvalue weighted by Crippen LogP contribution is 2.36. The molecule has 0 radical (unpaired) electrons. The number of methoxy groups -OCH3 is 3. The fourth-order valence-electron chi connectivity index (χ4n) is 3.46. The molecule has 0 unspecified atom stereocenters. The van der Waals surface area contributed by atoms with Gasteiger partial charge in [-0.25, -0.2) is 8.42 Å². The van der Waals surface area contributed by atoms with Crippen LogP contribution in [-0.2, 0) is 21.2 Å². The number of carbonyl (C=O) groups is 1. The van der Waals surface area contributed by atoms with Crippen molar-refractivity contribution in [3.05, 3.63) is 76.8 Å². The lowest BCUT2D eigenvalue weighted by atomic mass is 10.1. The molecule has 10 heteroatoms. The molecule has 0 aliphatic carbocycles. The van der Waals surface area contributed by atoms with Gasteiger partial charge in [-0.3, -0.25) is 4.79 Å². The molecule has 1 amide bonds. The van der Waals surface area contributed by atoms with E-state index in [1.54, 1.807) is 19.1 Å². The van der Waals surface area contributed by atoms with Crippen molar-refractivity contribution in [2.75, 3.05) is 26.6 Å². The Kier molecular flexibility index (Phi) is 8.61. The lowest BCUT2D eigenvalue weighted by Gasteiger charge is -2.21. The number of rotatable bonds is 10. The molecule has 0 saturated heterocycles. The average Bonchev–Trinajstić information content (AvgIpc) is 2.84. The largest absolute Gasteiger partial charge is 0.495 e. The van der Waals surface area contributed by atoms with Crippen LogP contribution in [0.5, 0.6) is 17.2 Å². The molecule has 0 spiro atoms. The van der Waals surface area contributed by atoms with E-state index in [0.717, 1.165) is 11.1 Å². The molecule has 8 nitrogen and oxygen atoms in total. The number of anilines is 1. The summed E-state index contributed by atoms with van der Waals surface area (Å²) in [5.74, 6) is 0.205. The summed E-state index contributed by atoms with van der Waals surface area (Å²) < 4.78 is 45.1. The van der Waals surface area contributed by atoms with E-state index in [2.05, 4.69) is 10.0 Å². The Morgan fingerprint density at radius 3 is 2.20 bits per heavy atom. The standard InChI is InChI=1S/C25H27ClN2O6S/c1-16-10-11-21(32-2)24(12-16)35(30,31)28-20(13-17-8-6-5-7-9-17)25(29)27-19-15-22(33-3)18(26)14-23(19)34-4/h5-12,14-15,20,28H,13H2,1-4H3,(H,27,29)/t20-/m1/s1. The van der Waals surface area contributed by atoms with E-state index in [1.807, 2.05) is 30.3 Å². The molecule has 0 fully saturated rings. The summed E-state index contributed by atoms with van der Waals surface area (Å²) in [6.45, 7) is 1.77. The third-order valence-corrected chi connectivity index (χ3v) is 7.03. The maximum atomic E-state index is 13.4. The first-order chi connectivity index (χ1) is 16.7. The number of aryl methyl sites for hydroxylation is 1. The number of halogens is 1. The second-order valence-electron chi connectivity index (χ2n) is 7.69. The molecule has 3 rings (SSSR count). The van der Waals surface area contributed by atoms with Crippen LogP contribution in [0.15, 0.2) is 65.6 Å². The zero-order valence-corrected chi connectivity index (χ0v) is 21.4. The van der Waals surface area contributed by atoms with Crippen molar-refractivity contribution in [2.45, 2.75) is 24.3 Å². The number of hydrogen-bond donors (Lipinski definition) is 2. The Balaban J connectivity index is 1.98. The zero-order chi connectivity index (χ0) is 25.6. The van der Waals surface area contributed by atoms with Gasteiger partial charge in [0.05, 0.1) is 32.0 Å². The molecule has 0 saturated carbocycles. The van der Waals surface area contributed by atoms with Crippen molar-refractivity contribution in [3.63, 3.8) is 0 Å². The second kappa shape index (κ2) is 11.4. The normalized spacial score (nSPS) is 12.0. The summed E-state index contributed by atoms with van der Waals surface area (Å²) in [7, 11) is 0.134. The van der Waals surface area contributed by atoms with Gasteiger partial charge in [-0.05, 0) is 36.6 Å². The van der Waals surface area contributed by atoms with Crippen LogP contribution in [-0.4, -0.2) is 41.7 Å². The van der Waals surface area contributed by atoms with Crippen LogP contribution in [0, 0.1) is 6.92 Å². The van der Waals surface area contributed by atoms with Crippen molar-refractivity contribution in [2.24, 2.45) is 0 Å². The van der Waals surface area contributed by atoms with E-state index >= 15 is 0 Å². The second-order valence-corrected chi connectivity index (χ2v) is 9.78. The fourth-order valence-corrected chi connectivity index (χ4v) is 5.14. The predicted octanol–water partition coefficient (Wildman–Crippen LogP) is 4.20. The molecule has 1 atom stereocenters. The van der Waals surface area contributed by atoms with Crippen molar-refractivity contribution in [3.8, 4) is 17.2 Å². The van der Waals surface area contributed by atoms with Gasteiger partial charge < -0.3 is 19.5 Å². The van der Waals surface area contributed by atoms with Crippen molar-refractivity contribution < 1.29 is 27.4 Å². The van der Waals surface area contributed by atoms with Gasteiger partial charge in [0.15, 0.2) is 0 Å². The first-order valence-corrected chi connectivity index (χ1v) is 12.5. The maximum Gasteiger partial charge on any atom is 0.245 e. The summed E-state index contributed by atoms with van der Waals surface area (Å²) in [6.07, 6.45) is 0.104. The summed E-state index contributed by atoms with van der Waals surface area (Å²) >= 11 is 6.16. The highest BCUT2D eigenvalue weighted by atomic mass is 35.5. The minimum absolute atomic E-state index is 0.0587. The van der Waals surface area contributed by atoms with Gasteiger partial charge in [-0.2, -0.15) is 4.72 Å². The minimum atomic E-state index is -4.13. The Morgan fingerprint density at radius 2 is 1.57 bits per heavy atom. The van der Waals surface area contributed by atoms with Gasteiger partial charge in [-0.1, -0.05) is 48.0 Å². The quantitative estimate of drug-likeness (QED) is 0.417. The first kappa shape index (κ1) is 26.3. The topological polar surface area (TPSA) is 103 Å². The van der Waals surface area contributed by atoms with Gasteiger partial charge in [-0.15, -0.1) is 0 Å². The number of nitrogens with one attached hydrogen (secondary N) is 2. The summed E-state index contributed by atoms with van der Waals surface area (Å²) in [5, 5.41) is 3.04. The third kappa shape index (κ3) is 6.45. The summed E-state index contributed by atoms with van der Waals surface area (Å²) in [6, 6.07) is 15.8. The molecular formula is C25H27ClN2O6S. The fraction of sp³-hybridized carbons (Fsp3) is 0.240. The third-order valence-electron chi connectivity index (χ3n) is 5.24.